The third-order valence-electron chi connectivity index (χ3n) is 7.44. The zero-order valence-electron chi connectivity index (χ0n) is 22.7. The summed E-state index contributed by atoms with van der Waals surface area (Å²) in [4.78, 5) is 41.1. The number of benzene rings is 2. The third-order valence-corrected chi connectivity index (χ3v) is 7.44. The smallest absolute Gasteiger partial charge is 0.243 e. The van der Waals surface area contributed by atoms with Gasteiger partial charge in [0.15, 0.2) is 11.6 Å². The summed E-state index contributed by atoms with van der Waals surface area (Å²) in [6.45, 7) is 2.06. The van der Waals surface area contributed by atoms with Crippen molar-refractivity contribution in [1.82, 2.24) is 20.9 Å². The molecule has 2 aromatic carbocycles. The molecule has 1 saturated carbocycles. The SMILES string of the molecule is C[C@@H]1C(=O)N[C@H](Cc2ccc(O)cc2)C(=O)NCCCc2ccc(F)c(F)c2OCCN[C@@H](C2CC2)C(=O)N1C. The highest BCUT2D eigenvalue weighted by atomic mass is 19.2. The Labute approximate surface area is 232 Å². The molecular formula is C29H36F2N4O5. The van der Waals surface area contributed by atoms with Crippen LogP contribution in [0.4, 0.5) is 8.78 Å². The number of phenols is 1. The van der Waals surface area contributed by atoms with Crippen LogP contribution in [0, 0.1) is 17.6 Å². The van der Waals surface area contributed by atoms with Crippen molar-refractivity contribution in [2.24, 2.45) is 5.92 Å². The van der Waals surface area contributed by atoms with Crippen LogP contribution < -0.4 is 20.7 Å². The highest BCUT2D eigenvalue weighted by molar-refractivity contribution is 5.93. The Morgan fingerprint density at radius 3 is 2.45 bits per heavy atom. The van der Waals surface area contributed by atoms with E-state index in [0.717, 1.165) is 24.5 Å². The van der Waals surface area contributed by atoms with Crippen molar-refractivity contribution < 1.29 is 33.0 Å². The summed E-state index contributed by atoms with van der Waals surface area (Å²) in [5.41, 5.74) is 1.19. The number of hydrogen-bond donors (Lipinski definition) is 4. The number of ether oxygens (including phenoxy) is 1. The van der Waals surface area contributed by atoms with Gasteiger partial charge in [-0.05, 0) is 67.9 Å². The van der Waals surface area contributed by atoms with Crippen LogP contribution in [0.2, 0.25) is 0 Å². The molecule has 0 aromatic heterocycles. The molecule has 1 aliphatic carbocycles. The fourth-order valence-electron chi connectivity index (χ4n) is 4.75. The molecule has 0 saturated heterocycles. The molecule has 2 aliphatic rings. The lowest BCUT2D eigenvalue weighted by molar-refractivity contribution is -0.141. The molecule has 216 valence electrons. The molecule has 4 rings (SSSR count). The molecule has 4 N–H and O–H groups in total. The monoisotopic (exact) mass is 558 g/mol. The molecular weight excluding hydrogens is 522 g/mol. The van der Waals surface area contributed by atoms with E-state index >= 15 is 0 Å². The van der Waals surface area contributed by atoms with Gasteiger partial charge in [0.1, 0.15) is 24.4 Å². The number of hydrogen-bond acceptors (Lipinski definition) is 6. The number of halogens is 2. The molecule has 0 spiro atoms. The molecule has 3 amide bonds. The standard InChI is InChI=1S/C29H36F2N4O5/c1-17-27(37)34-23(16-18-5-10-21(36)11-6-18)28(38)33-13-3-4-20-9-12-22(30)24(31)26(20)40-15-14-32-25(19-7-8-19)29(39)35(17)2/h5-6,9-12,17,19,23,25,32,36H,3-4,7-8,13-16H2,1-2H3,(H,33,38)(H,34,37)/t17-,23-,25+/m1/s1. The lowest BCUT2D eigenvalue weighted by Crippen LogP contribution is -2.56. The van der Waals surface area contributed by atoms with E-state index in [1.54, 1.807) is 26.1 Å². The average Bonchev–Trinajstić information content (AvgIpc) is 3.78. The number of amides is 3. The normalized spacial score (nSPS) is 23.8. The van der Waals surface area contributed by atoms with Gasteiger partial charge in [-0.25, -0.2) is 4.39 Å². The van der Waals surface area contributed by atoms with Gasteiger partial charge in [-0.3, -0.25) is 14.4 Å². The molecule has 0 unspecified atom stereocenters. The van der Waals surface area contributed by atoms with Crippen LogP contribution in [0.5, 0.6) is 11.5 Å². The largest absolute Gasteiger partial charge is 0.508 e. The van der Waals surface area contributed by atoms with E-state index in [4.69, 9.17) is 4.74 Å². The number of phenolic OH excluding ortho intramolecular Hbond substituents is 1. The fraction of sp³-hybridized carbons (Fsp3) is 0.483. The summed E-state index contributed by atoms with van der Waals surface area (Å²) in [5, 5.41) is 18.4. The van der Waals surface area contributed by atoms with E-state index in [2.05, 4.69) is 16.0 Å². The van der Waals surface area contributed by atoms with Gasteiger partial charge in [-0.2, -0.15) is 4.39 Å². The molecule has 3 atom stereocenters. The van der Waals surface area contributed by atoms with Crippen LogP contribution in [0.3, 0.4) is 0 Å². The van der Waals surface area contributed by atoms with E-state index in [1.807, 2.05) is 0 Å². The molecule has 11 heteroatoms. The average molecular weight is 559 g/mol. The van der Waals surface area contributed by atoms with Gasteiger partial charge in [-0.15, -0.1) is 0 Å². The second-order valence-electron chi connectivity index (χ2n) is 10.4. The van der Waals surface area contributed by atoms with Crippen LogP contribution in [-0.2, 0) is 27.2 Å². The van der Waals surface area contributed by atoms with Gasteiger partial charge in [0.25, 0.3) is 0 Å². The maximum atomic E-state index is 14.6. The molecule has 2 aromatic rings. The Kier molecular flexibility index (Phi) is 9.57. The van der Waals surface area contributed by atoms with Crippen LogP contribution in [0.25, 0.3) is 0 Å². The maximum absolute atomic E-state index is 14.6. The van der Waals surface area contributed by atoms with Crippen molar-refractivity contribution in [3.8, 4) is 11.5 Å². The van der Waals surface area contributed by atoms with Crippen LogP contribution in [0.1, 0.15) is 37.3 Å². The third kappa shape index (κ3) is 7.26. The number of carbonyl (C=O) groups is 3. The van der Waals surface area contributed by atoms with Crippen molar-refractivity contribution >= 4 is 17.7 Å². The van der Waals surface area contributed by atoms with E-state index in [-0.39, 0.29) is 49.4 Å². The molecule has 1 heterocycles. The van der Waals surface area contributed by atoms with Gasteiger partial charge in [-0.1, -0.05) is 18.2 Å². The van der Waals surface area contributed by atoms with E-state index < -0.39 is 41.6 Å². The highest BCUT2D eigenvalue weighted by Crippen LogP contribution is 2.33. The van der Waals surface area contributed by atoms with E-state index in [9.17, 15) is 28.3 Å². The summed E-state index contributed by atoms with van der Waals surface area (Å²) in [6.07, 6.45) is 2.62. The second-order valence-corrected chi connectivity index (χ2v) is 10.4. The zero-order chi connectivity index (χ0) is 28.8. The molecule has 1 fully saturated rings. The Bertz CT molecular complexity index is 1220. The number of aryl methyl sites for hydroxylation is 1. The van der Waals surface area contributed by atoms with Gasteiger partial charge < -0.3 is 30.7 Å². The molecule has 0 bridgehead atoms. The lowest BCUT2D eigenvalue weighted by Gasteiger charge is -2.30. The van der Waals surface area contributed by atoms with Crippen molar-refractivity contribution in [1.29, 1.82) is 0 Å². The summed E-state index contributed by atoms with van der Waals surface area (Å²) in [6, 6.07) is 6.47. The molecule has 0 radical (unpaired) electrons. The molecule has 9 nitrogen and oxygen atoms in total. The van der Waals surface area contributed by atoms with Crippen molar-refractivity contribution in [2.45, 2.75) is 57.2 Å². The number of nitrogens with one attached hydrogen (secondary N) is 3. The topological polar surface area (TPSA) is 120 Å². The zero-order valence-corrected chi connectivity index (χ0v) is 22.7. The predicted octanol–water partition coefficient (Wildman–Crippen LogP) is 2.05. The number of rotatable bonds is 3. The Hall–Kier alpha value is -3.73. The fourth-order valence-corrected chi connectivity index (χ4v) is 4.75. The Morgan fingerprint density at radius 2 is 1.75 bits per heavy atom. The first-order valence-electron chi connectivity index (χ1n) is 13.6. The minimum absolute atomic E-state index is 0.0132. The Balaban J connectivity index is 1.57. The second kappa shape index (κ2) is 13.1. The van der Waals surface area contributed by atoms with Gasteiger partial charge in [0.2, 0.25) is 23.5 Å². The van der Waals surface area contributed by atoms with Crippen LogP contribution in [0.15, 0.2) is 36.4 Å². The lowest BCUT2D eigenvalue weighted by atomic mass is 10.0. The van der Waals surface area contributed by atoms with Crippen LogP contribution in [-0.4, -0.2) is 72.6 Å². The van der Waals surface area contributed by atoms with E-state index in [1.165, 1.54) is 23.1 Å². The van der Waals surface area contributed by atoms with E-state index in [0.29, 0.717) is 18.4 Å². The van der Waals surface area contributed by atoms with Gasteiger partial charge in [0, 0.05) is 26.6 Å². The van der Waals surface area contributed by atoms with Crippen LogP contribution >= 0.6 is 0 Å². The first-order chi connectivity index (χ1) is 19.2. The Morgan fingerprint density at radius 1 is 1.02 bits per heavy atom. The summed E-state index contributed by atoms with van der Waals surface area (Å²) in [7, 11) is 1.54. The number of fused-ring (bicyclic) bond motifs is 1. The summed E-state index contributed by atoms with van der Waals surface area (Å²) in [5.74, 6) is -3.26. The van der Waals surface area contributed by atoms with Crippen molar-refractivity contribution in [2.75, 3.05) is 26.7 Å². The quantitative estimate of drug-likeness (QED) is 0.458. The minimum Gasteiger partial charge on any atom is -0.508 e. The van der Waals surface area contributed by atoms with Crippen molar-refractivity contribution in [3.05, 3.63) is 59.2 Å². The number of nitrogens with zero attached hydrogens (tertiary/aromatic N) is 1. The maximum Gasteiger partial charge on any atom is 0.243 e. The molecule has 40 heavy (non-hydrogen) atoms. The summed E-state index contributed by atoms with van der Waals surface area (Å²) < 4.78 is 34.2. The first kappa shape index (κ1) is 29.3. The van der Waals surface area contributed by atoms with Gasteiger partial charge >= 0.3 is 0 Å². The first-order valence-corrected chi connectivity index (χ1v) is 13.6. The number of likely N-dealkylation sites (N-methyl/N-ethyl adjacent to an activating group) is 1. The van der Waals surface area contributed by atoms with Gasteiger partial charge in [0.05, 0.1) is 6.04 Å². The van der Waals surface area contributed by atoms with Crippen molar-refractivity contribution in [3.63, 3.8) is 0 Å². The summed E-state index contributed by atoms with van der Waals surface area (Å²) >= 11 is 0. The number of aromatic hydroxyl groups is 1. The minimum atomic E-state index is -1.07. The molecule has 1 aliphatic heterocycles. The predicted molar refractivity (Wildman–Crippen MR) is 144 cm³/mol. The highest BCUT2D eigenvalue weighted by Gasteiger charge is 2.39. The number of carbonyl (C=O) groups excluding carboxylic acids is 3.